The van der Waals surface area contributed by atoms with Crippen LogP contribution in [-0.2, 0) is 19.1 Å². The summed E-state index contributed by atoms with van der Waals surface area (Å²) in [5, 5.41) is 8.64. The molecule has 5 fully saturated rings. The highest BCUT2D eigenvalue weighted by molar-refractivity contribution is 5.95. The zero-order valence-corrected chi connectivity index (χ0v) is 13.0. The Bertz CT molecular complexity index is 732. The Hall–Kier alpha value is -1.72. The lowest BCUT2D eigenvalue weighted by molar-refractivity contribution is -0.175. The first-order valence-corrected chi connectivity index (χ1v) is 8.39. The van der Waals surface area contributed by atoms with Crippen LogP contribution in [0.2, 0.25) is 0 Å². The lowest BCUT2D eigenvalue weighted by Gasteiger charge is -2.48. The molecular formula is C17H18N2O4. The first-order valence-electron chi connectivity index (χ1n) is 8.39. The summed E-state index contributed by atoms with van der Waals surface area (Å²) in [5.41, 5.74) is -2.08. The van der Waals surface area contributed by atoms with Gasteiger partial charge in [0, 0.05) is 5.92 Å². The third kappa shape index (κ3) is 0.870. The average Bonchev–Trinajstić information content (AvgIpc) is 3.35. The number of carbonyl (C=O) groups excluding carboxylic acids is 2. The number of azo groups is 1. The lowest BCUT2D eigenvalue weighted by atomic mass is 9.54. The van der Waals surface area contributed by atoms with Crippen LogP contribution >= 0.6 is 0 Å². The maximum absolute atomic E-state index is 12.9. The molecule has 0 N–H and O–H groups in total. The Kier molecular flexibility index (Phi) is 1.86. The quantitative estimate of drug-likeness (QED) is 0.564. The van der Waals surface area contributed by atoms with Gasteiger partial charge in [0.25, 0.3) is 0 Å². The molecule has 8 bridgehead atoms. The normalized spacial score (nSPS) is 60.8. The molecule has 0 aromatic rings. The molecule has 0 saturated heterocycles. The van der Waals surface area contributed by atoms with Gasteiger partial charge < -0.3 is 9.47 Å². The second-order valence-corrected chi connectivity index (χ2v) is 8.02. The highest BCUT2D eigenvalue weighted by Gasteiger charge is 2.93. The number of rotatable bonds is 2. The van der Waals surface area contributed by atoms with Gasteiger partial charge in [0.05, 0.1) is 20.8 Å². The number of nitrogens with zero attached hydrogens (tertiary/aromatic N) is 2. The van der Waals surface area contributed by atoms with Crippen LogP contribution in [0.4, 0.5) is 0 Å². The molecule has 23 heavy (non-hydrogen) atoms. The standard InChI is InChI=1S/C17H18N2O4/c1-22-14(20)16-5-18-19-17(16,15(21)23-2)13-10-7-4-3-6-8(7)11(13)12(16)9(6)10/h3-4,6-13H,5H2,1-2H3/t6-,7-,8+,9+,10-,11-,12+,13-,16+,17+/m0/s1. The molecule has 0 unspecified atom stereocenters. The Morgan fingerprint density at radius 1 is 0.957 bits per heavy atom. The van der Waals surface area contributed by atoms with Gasteiger partial charge in [-0.3, -0.25) is 4.79 Å². The molecule has 6 heteroatoms. The maximum atomic E-state index is 12.9. The molecule has 1 aliphatic heterocycles. The summed E-state index contributed by atoms with van der Waals surface area (Å²) in [7, 11) is 2.78. The second-order valence-electron chi connectivity index (χ2n) is 8.02. The summed E-state index contributed by atoms with van der Waals surface area (Å²) in [6.45, 7) is 0.267. The first kappa shape index (κ1) is 12.7. The van der Waals surface area contributed by atoms with E-state index in [1.54, 1.807) is 0 Å². The van der Waals surface area contributed by atoms with Gasteiger partial charge in [-0.1, -0.05) is 12.2 Å². The van der Waals surface area contributed by atoms with Gasteiger partial charge >= 0.3 is 11.9 Å². The van der Waals surface area contributed by atoms with Crippen molar-refractivity contribution in [1.82, 2.24) is 0 Å². The number of ether oxygens (including phenoxy) is 2. The van der Waals surface area contributed by atoms with Crippen molar-refractivity contribution in [2.75, 3.05) is 20.8 Å². The molecule has 10 atom stereocenters. The van der Waals surface area contributed by atoms with E-state index in [-0.39, 0.29) is 24.3 Å². The van der Waals surface area contributed by atoms with E-state index in [0.717, 1.165) is 0 Å². The van der Waals surface area contributed by atoms with Crippen molar-refractivity contribution < 1.29 is 19.1 Å². The Labute approximate surface area is 133 Å². The molecule has 7 rings (SSSR count). The number of hydrogen-bond acceptors (Lipinski definition) is 6. The van der Waals surface area contributed by atoms with E-state index < -0.39 is 16.9 Å². The van der Waals surface area contributed by atoms with Crippen LogP contribution in [-0.4, -0.2) is 38.2 Å². The van der Waals surface area contributed by atoms with Crippen molar-refractivity contribution in [3.8, 4) is 0 Å². The lowest BCUT2D eigenvalue weighted by Crippen LogP contribution is -2.64. The number of esters is 2. The van der Waals surface area contributed by atoms with E-state index in [9.17, 15) is 9.59 Å². The van der Waals surface area contributed by atoms with E-state index >= 15 is 0 Å². The minimum absolute atomic E-state index is 0.0894. The number of fused-ring (bicyclic) bond motifs is 1. The van der Waals surface area contributed by atoms with Crippen LogP contribution in [0.25, 0.3) is 0 Å². The smallest absolute Gasteiger partial charge is 0.337 e. The zero-order chi connectivity index (χ0) is 15.7. The van der Waals surface area contributed by atoms with Crippen molar-refractivity contribution in [3.63, 3.8) is 0 Å². The number of hydrogen-bond donors (Lipinski definition) is 0. The molecule has 5 saturated carbocycles. The van der Waals surface area contributed by atoms with Gasteiger partial charge in [0.1, 0.15) is 5.41 Å². The number of allylic oxidation sites excluding steroid dienone is 2. The molecule has 0 aromatic carbocycles. The van der Waals surface area contributed by atoms with Crippen molar-refractivity contribution in [2.45, 2.75) is 5.54 Å². The summed E-state index contributed by atoms with van der Waals surface area (Å²) in [6, 6.07) is 0. The monoisotopic (exact) mass is 314 g/mol. The Morgan fingerprint density at radius 3 is 2.26 bits per heavy atom. The fourth-order valence-corrected chi connectivity index (χ4v) is 8.20. The molecule has 0 radical (unpaired) electrons. The largest absolute Gasteiger partial charge is 0.468 e. The predicted octanol–water partition coefficient (Wildman–Crippen LogP) is 1.08. The minimum atomic E-state index is -1.14. The van der Waals surface area contributed by atoms with Crippen LogP contribution < -0.4 is 0 Å². The van der Waals surface area contributed by atoms with Crippen molar-refractivity contribution in [2.24, 2.45) is 63.0 Å². The maximum Gasteiger partial charge on any atom is 0.337 e. The van der Waals surface area contributed by atoms with Gasteiger partial charge in [0.2, 0.25) is 0 Å². The summed E-state index contributed by atoms with van der Waals surface area (Å²) < 4.78 is 10.3. The van der Waals surface area contributed by atoms with Crippen LogP contribution in [0, 0.1) is 52.8 Å². The summed E-state index contributed by atoms with van der Waals surface area (Å²) >= 11 is 0. The third-order valence-electron chi connectivity index (χ3n) is 8.21. The molecule has 0 amide bonds. The van der Waals surface area contributed by atoms with E-state index in [2.05, 4.69) is 22.4 Å². The van der Waals surface area contributed by atoms with Crippen LogP contribution in [0.15, 0.2) is 22.4 Å². The second kappa shape index (κ2) is 3.37. The van der Waals surface area contributed by atoms with Gasteiger partial charge in [0.15, 0.2) is 5.54 Å². The van der Waals surface area contributed by atoms with Crippen LogP contribution in [0.5, 0.6) is 0 Å². The van der Waals surface area contributed by atoms with Gasteiger partial charge in [-0.25, -0.2) is 4.79 Å². The molecule has 1 heterocycles. The topological polar surface area (TPSA) is 77.3 Å². The van der Waals surface area contributed by atoms with Crippen molar-refractivity contribution in [1.29, 1.82) is 0 Å². The molecule has 6 aliphatic carbocycles. The third-order valence-corrected chi connectivity index (χ3v) is 8.21. The highest BCUT2D eigenvalue weighted by Crippen LogP contribution is 2.87. The fraction of sp³-hybridized carbons (Fsp3) is 0.765. The predicted molar refractivity (Wildman–Crippen MR) is 76.0 cm³/mol. The Morgan fingerprint density at radius 2 is 1.61 bits per heavy atom. The molecular weight excluding hydrogens is 296 g/mol. The van der Waals surface area contributed by atoms with Gasteiger partial charge in [-0.15, -0.1) is 0 Å². The molecule has 0 aromatic heterocycles. The van der Waals surface area contributed by atoms with Gasteiger partial charge in [-0.05, 0) is 41.4 Å². The fourth-order valence-electron chi connectivity index (χ4n) is 8.20. The molecule has 7 aliphatic rings. The summed E-state index contributed by atoms with van der Waals surface area (Å²) in [5.74, 6) is 2.59. The van der Waals surface area contributed by atoms with Crippen molar-refractivity contribution >= 4 is 11.9 Å². The SMILES string of the molecule is COC(=O)[C@]12CN=N[C@@]1(C(=O)OC)[C@H]1[C@H]3[C@H]4C=C[C@H]5[C@H]4[C@H]1[C@H]2[C@H]53. The average molecular weight is 314 g/mol. The van der Waals surface area contributed by atoms with Crippen LogP contribution in [0.3, 0.4) is 0 Å². The summed E-state index contributed by atoms with van der Waals surface area (Å²) in [6.07, 6.45) is 4.68. The first-order chi connectivity index (χ1) is 11.1. The highest BCUT2D eigenvalue weighted by atomic mass is 16.5. The van der Waals surface area contributed by atoms with Crippen LogP contribution in [0.1, 0.15) is 0 Å². The van der Waals surface area contributed by atoms with Crippen molar-refractivity contribution in [3.05, 3.63) is 12.2 Å². The van der Waals surface area contributed by atoms with E-state index in [0.29, 0.717) is 35.5 Å². The molecule has 120 valence electrons. The minimum Gasteiger partial charge on any atom is -0.468 e. The number of methoxy groups -OCH3 is 2. The molecule has 6 nitrogen and oxygen atoms in total. The zero-order valence-electron chi connectivity index (χ0n) is 13.0. The van der Waals surface area contributed by atoms with E-state index in [4.69, 9.17) is 9.47 Å². The summed E-state index contributed by atoms with van der Waals surface area (Å²) in [4.78, 5) is 25.8. The van der Waals surface area contributed by atoms with E-state index in [1.807, 2.05) is 0 Å². The van der Waals surface area contributed by atoms with Gasteiger partial charge in [-0.2, -0.15) is 10.2 Å². The molecule has 0 spiro atoms. The Balaban J connectivity index is 1.62. The van der Waals surface area contributed by atoms with E-state index in [1.165, 1.54) is 14.2 Å². The number of carbonyl (C=O) groups is 2.